The number of hydrogen-bond donors (Lipinski definition) is 1. The van der Waals surface area contributed by atoms with E-state index in [1.54, 1.807) is 36.6 Å². The van der Waals surface area contributed by atoms with Gasteiger partial charge in [-0.2, -0.15) is 0 Å². The van der Waals surface area contributed by atoms with E-state index >= 15 is 0 Å². The number of carbonyl (C=O) groups is 4. The van der Waals surface area contributed by atoms with Crippen molar-refractivity contribution in [2.24, 2.45) is 0 Å². The van der Waals surface area contributed by atoms with Crippen LogP contribution >= 0.6 is 11.3 Å². The average molecular weight is 553 g/mol. The number of nitrogens with one attached hydrogen (secondary N) is 1. The monoisotopic (exact) mass is 552 g/mol. The molecule has 0 spiro atoms. The van der Waals surface area contributed by atoms with Gasteiger partial charge in [0.2, 0.25) is 5.91 Å². The lowest BCUT2D eigenvalue weighted by Gasteiger charge is -2.25. The van der Waals surface area contributed by atoms with Crippen LogP contribution in [0, 0.1) is 13.8 Å². The van der Waals surface area contributed by atoms with Crippen LogP contribution in [0.1, 0.15) is 54.7 Å². The van der Waals surface area contributed by atoms with Crippen LogP contribution in [0.3, 0.4) is 0 Å². The first-order valence-corrected chi connectivity index (χ1v) is 13.9. The van der Waals surface area contributed by atoms with Crippen LogP contribution in [0.4, 0.5) is 5.00 Å². The Hall–Kier alpha value is -4.56. The van der Waals surface area contributed by atoms with Gasteiger partial charge in [0.15, 0.2) is 0 Å². The predicted octanol–water partition coefficient (Wildman–Crippen LogP) is 6.05. The molecular weight excluding hydrogens is 524 g/mol. The molecule has 3 aromatic carbocycles. The number of hydrogen-bond acceptors (Lipinski definition) is 6. The van der Waals surface area contributed by atoms with Crippen molar-refractivity contribution in [3.05, 3.63) is 112 Å². The van der Waals surface area contributed by atoms with E-state index in [2.05, 4.69) is 5.32 Å². The molecule has 0 aliphatic carbocycles. The molecule has 40 heavy (non-hydrogen) atoms. The molecule has 3 amide bonds. The molecule has 0 bridgehead atoms. The average Bonchev–Trinajstić information content (AvgIpc) is 3.48. The number of aryl methyl sites for hydroxylation is 2. The highest BCUT2D eigenvalue weighted by atomic mass is 32.1. The molecule has 1 aliphatic rings. The van der Waals surface area contributed by atoms with Crippen LogP contribution in [-0.4, -0.2) is 41.2 Å². The second-order valence-electron chi connectivity index (χ2n) is 9.59. The van der Waals surface area contributed by atoms with Crippen LogP contribution in [-0.2, 0) is 16.0 Å². The fraction of sp³-hybridized carbons (Fsp3) is 0.188. The first-order chi connectivity index (χ1) is 19.3. The van der Waals surface area contributed by atoms with Crippen molar-refractivity contribution in [3.8, 4) is 11.1 Å². The van der Waals surface area contributed by atoms with Crippen LogP contribution in [0.2, 0.25) is 0 Å². The first-order valence-electron chi connectivity index (χ1n) is 13.0. The van der Waals surface area contributed by atoms with Gasteiger partial charge in [-0.05, 0) is 55.2 Å². The largest absolute Gasteiger partial charge is 0.462 e. The van der Waals surface area contributed by atoms with Crippen LogP contribution in [0.5, 0.6) is 0 Å². The van der Waals surface area contributed by atoms with Crippen LogP contribution < -0.4 is 5.32 Å². The number of carbonyl (C=O) groups excluding carboxylic acids is 4. The van der Waals surface area contributed by atoms with Crippen molar-refractivity contribution in [1.82, 2.24) is 4.90 Å². The zero-order chi connectivity index (χ0) is 28.4. The number of amides is 3. The van der Waals surface area contributed by atoms with Gasteiger partial charge in [-0.25, -0.2) is 4.79 Å². The highest BCUT2D eigenvalue weighted by Crippen LogP contribution is 2.37. The molecule has 1 aromatic heterocycles. The Labute approximate surface area is 236 Å². The quantitative estimate of drug-likeness (QED) is 0.212. The second-order valence-corrected chi connectivity index (χ2v) is 10.5. The van der Waals surface area contributed by atoms with E-state index in [4.69, 9.17) is 4.74 Å². The Balaban J connectivity index is 1.53. The van der Waals surface area contributed by atoms with Gasteiger partial charge in [0.05, 0.1) is 17.7 Å². The minimum atomic E-state index is -1.14. The highest BCUT2D eigenvalue weighted by Gasteiger charge is 2.43. The molecule has 1 unspecified atom stereocenters. The van der Waals surface area contributed by atoms with Crippen molar-refractivity contribution >= 4 is 40.0 Å². The molecule has 0 saturated carbocycles. The first kappa shape index (κ1) is 27.0. The number of thiophene rings is 1. The number of fused-ring (bicyclic) bond motifs is 1. The summed E-state index contributed by atoms with van der Waals surface area (Å²) < 4.78 is 5.35. The zero-order valence-corrected chi connectivity index (χ0v) is 23.2. The van der Waals surface area contributed by atoms with Gasteiger partial charge in [-0.1, -0.05) is 60.7 Å². The lowest BCUT2D eigenvalue weighted by Crippen LogP contribution is -2.48. The van der Waals surface area contributed by atoms with Crippen molar-refractivity contribution in [2.75, 3.05) is 11.9 Å². The van der Waals surface area contributed by atoms with Crippen molar-refractivity contribution in [2.45, 2.75) is 33.2 Å². The third-order valence-corrected chi connectivity index (χ3v) is 7.93. The third kappa shape index (κ3) is 5.05. The summed E-state index contributed by atoms with van der Waals surface area (Å²) in [7, 11) is 0. The Morgan fingerprint density at radius 1 is 0.875 bits per heavy atom. The summed E-state index contributed by atoms with van der Waals surface area (Å²) in [6.07, 6.45) is 0.113. The fourth-order valence-electron chi connectivity index (χ4n) is 4.80. The van der Waals surface area contributed by atoms with Gasteiger partial charge in [0.1, 0.15) is 16.6 Å². The molecule has 1 atom stereocenters. The molecule has 8 heteroatoms. The molecule has 4 aromatic rings. The molecule has 2 heterocycles. The van der Waals surface area contributed by atoms with Crippen molar-refractivity contribution in [3.63, 3.8) is 0 Å². The molecule has 202 valence electrons. The van der Waals surface area contributed by atoms with Crippen molar-refractivity contribution in [1.29, 1.82) is 0 Å². The molecule has 7 nitrogen and oxygen atoms in total. The SMILES string of the molecule is CCOC(=O)c1c(-c2ccc(C)c(C)c2)csc1NC(=O)C(Cc1ccccc1)N1C(=O)c2ccccc2C1=O. The van der Waals surface area contributed by atoms with Gasteiger partial charge in [-0.3, -0.25) is 19.3 Å². The summed E-state index contributed by atoms with van der Waals surface area (Å²) in [5.74, 6) is -2.18. The highest BCUT2D eigenvalue weighted by molar-refractivity contribution is 7.15. The number of nitrogens with zero attached hydrogens (tertiary/aromatic N) is 1. The number of imide groups is 1. The Kier molecular flexibility index (Phi) is 7.62. The molecule has 0 fully saturated rings. The maximum absolute atomic E-state index is 13.9. The summed E-state index contributed by atoms with van der Waals surface area (Å²) in [5.41, 5.74) is 5.20. The summed E-state index contributed by atoms with van der Waals surface area (Å²) in [6, 6.07) is 20.5. The number of ether oxygens (including phenoxy) is 1. The van der Waals surface area contributed by atoms with Gasteiger partial charge < -0.3 is 10.1 Å². The maximum atomic E-state index is 13.9. The Morgan fingerprint density at radius 3 is 2.15 bits per heavy atom. The van der Waals surface area contributed by atoms with Gasteiger partial charge in [0, 0.05) is 17.4 Å². The van der Waals surface area contributed by atoms with E-state index in [9.17, 15) is 19.2 Å². The lowest BCUT2D eigenvalue weighted by atomic mass is 9.99. The van der Waals surface area contributed by atoms with Gasteiger partial charge >= 0.3 is 5.97 Å². The fourth-order valence-corrected chi connectivity index (χ4v) is 5.76. The summed E-state index contributed by atoms with van der Waals surface area (Å²) in [4.78, 5) is 54.8. The molecule has 5 rings (SSSR count). The topological polar surface area (TPSA) is 92.8 Å². The number of benzene rings is 3. The lowest BCUT2D eigenvalue weighted by molar-refractivity contribution is -0.119. The van der Waals surface area contributed by atoms with E-state index < -0.39 is 29.7 Å². The molecular formula is C32H28N2O5S. The normalized spacial score (nSPS) is 13.2. The summed E-state index contributed by atoms with van der Waals surface area (Å²) in [5, 5.41) is 4.97. The minimum Gasteiger partial charge on any atom is -0.462 e. The molecule has 1 N–H and O–H groups in total. The maximum Gasteiger partial charge on any atom is 0.341 e. The van der Waals surface area contributed by atoms with E-state index in [0.717, 1.165) is 27.2 Å². The van der Waals surface area contributed by atoms with E-state index in [-0.39, 0.29) is 29.7 Å². The summed E-state index contributed by atoms with van der Waals surface area (Å²) in [6.45, 7) is 5.89. The van der Waals surface area contributed by atoms with Crippen LogP contribution in [0.25, 0.3) is 11.1 Å². The molecule has 0 radical (unpaired) electrons. The Morgan fingerprint density at radius 2 is 1.52 bits per heavy atom. The van der Waals surface area contributed by atoms with E-state index in [1.807, 2.05) is 62.4 Å². The molecule has 1 aliphatic heterocycles. The van der Waals surface area contributed by atoms with E-state index in [0.29, 0.717) is 10.6 Å². The standard InChI is InChI=1S/C32H28N2O5S/c1-4-39-32(38)27-25(22-15-14-19(2)20(3)16-22)18-40-29(27)33-28(35)26(17-21-10-6-5-7-11-21)34-30(36)23-12-8-9-13-24(23)31(34)37/h5-16,18,26H,4,17H2,1-3H3,(H,33,35). The predicted molar refractivity (Wildman–Crippen MR) is 155 cm³/mol. The minimum absolute atomic E-state index is 0.113. The summed E-state index contributed by atoms with van der Waals surface area (Å²) >= 11 is 1.20. The molecule has 0 saturated heterocycles. The number of anilines is 1. The van der Waals surface area contributed by atoms with E-state index in [1.165, 1.54) is 11.3 Å². The third-order valence-electron chi connectivity index (χ3n) is 7.04. The number of esters is 1. The second kappa shape index (κ2) is 11.3. The zero-order valence-electron chi connectivity index (χ0n) is 22.4. The van der Waals surface area contributed by atoms with Gasteiger partial charge in [0.25, 0.3) is 11.8 Å². The van der Waals surface area contributed by atoms with Gasteiger partial charge in [-0.15, -0.1) is 11.3 Å². The smallest absolute Gasteiger partial charge is 0.341 e. The number of rotatable bonds is 8. The van der Waals surface area contributed by atoms with Crippen molar-refractivity contribution < 1.29 is 23.9 Å². The Bertz CT molecular complexity index is 1590. The van der Waals surface area contributed by atoms with Crippen LogP contribution in [0.15, 0.2) is 78.2 Å².